The predicted molar refractivity (Wildman–Crippen MR) is 85.5 cm³/mol. The quantitative estimate of drug-likeness (QED) is 0.720. The van der Waals surface area contributed by atoms with Crippen molar-refractivity contribution in [3.63, 3.8) is 0 Å². The molecule has 0 amide bonds. The Kier molecular flexibility index (Phi) is 5.24. The summed E-state index contributed by atoms with van der Waals surface area (Å²) in [6.07, 6.45) is 5.15. The Bertz CT molecular complexity index is 579. The number of carboxylic acids is 1. The fraction of sp³-hybridized carbons (Fsp3) is 0.438. The summed E-state index contributed by atoms with van der Waals surface area (Å²) in [5, 5.41) is 10.3. The Morgan fingerprint density at radius 3 is 2.85 bits per heavy atom. The first-order valence-corrected chi connectivity index (χ1v) is 7.95. The van der Waals surface area contributed by atoms with Gasteiger partial charge in [-0.2, -0.15) is 0 Å². The van der Waals surface area contributed by atoms with E-state index in [1.807, 2.05) is 24.4 Å². The summed E-state index contributed by atoms with van der Waals surface area (Å²) >= 11 is 3.68. The number of carbonyl (C=O) groups is 1. The smallest absolute Gasteiger partial charge is 0.303 e. The third kappa shape index (κ3) is 3.63. The second-order valence-corrected chi connectivity index (χ2v) is 6.50. The lowest BCUT2D eigenvalue weighted by molar-refractivity contribution is -0.137. The van der Waals surface area contributed by atoms with E-state index in [1.165, 1.54) is 0 Å². The number of fused-ring (bicyclic) bond motifs is 1. The average molecular weight is 338 g/mol. The zero-order valence-electron chi connectivity index (χ0n) is 11.6. The molecule has 4 heteroatoms. The highest BCUT2D eigenvalue weighted by Crippen LogP contribution is 2.33. The molecule has 0 radical (unpaired) electrons. The van der Waals surface area contributed by atoms with Crippen molar-refractivity contribution >= 4 is 32.8 Å². The minimum Gasteiger partial charge on any atom is -0.481 e. The van der Waals surface area contributed by atoms with Gasteiger partial charge in [0.05, 0.1) is 6.42 Å². The number of aromatic nitrogens is 1. The molecule has 1 heterocycles. The largest absolute Gasteiger partial charge is 0.481 e. The van der Waals surface area contributed by atoms with Crippen LogP contribution in [0.25, 0.3) is 10.9 Å². The number of rotatable bonds is 7. The highest BCUT2D eigenvalue weighted by molar-refractivity contribution is 9.09. The lowest BCUT2D eigenvalue weighted by Gasteiger charge is -2.18. The van der Waals surface area contributed by atoms with Crippen LogP contribution in [-0.4, -0.2) is 20.9 Å². The third-order valence-corrected chi connectivity index (χ3v) is 4.46. The van der Waals surface area contributed by atoms with Crippen molar-refractivity contribution in [3.8, 4) is 0 Å². The molecule has 0 saturated heterocycles. The molecular weight excluding hydrogens is 318 g/mol. The number of aromatic amines is 1. The molecule has 0 aliphatic heterocycles. The molecule has 1 aromatic heterocycles. The first kappa shape index (κ1) is 15.1. The van der Waals surface area contributed by atoms with E-state index in [2.05, 4.69) is 33.9 Å². The van der Waals surface area contributed by atoms with Crippen LogP contribution in [0.1, 0.15) is 44.1 Å². The number of hydrogen-bond donors (Lipinski definition) is 2. The molecule has 0 aliphatic carbocycles. The van der Waals surface area contributed by atoms with Gasteiger partial charge in [-0.05, 0) is 30.4 Å². The van der Waals surface area contributed by atoms with Gasteiger partial charge in [0.2, 0.25) is 0 Å². The van der Waals surface area contributed by atoms with Crippen LogP contribution >= 0.6 is 15.9 Å². The van der Waals surface area contributed by atoms with E-state index in [0.717, 1.165) is 35.7 Å². The summed E-state index contributed by atoms with van der Waals surface area (Å²) in [5.41, 5.74) is 2.18. The van der Waals surface area contributed by atoms with Crippen molar-refractivity contribution in [3.05, 3.63) is 36.0 Å². The minimum atomic E-state index is -0.739. The maximum absolute atomic E-state index is 11.2. The van der Waals surface area contributed by atoms with Gasteiger partial charge in [0.25, 0.3) is 0 Å². The molecule has 2 atom stereocenters. The first-order valence-electron chi connectivity index (χ1n) is 7.03. The van der Waals surface area contributed by atoms with Gasteiger partial charge >= 0.3 is 5.97 Å². The molecule has 2 aromatic rings. The van der Waals surface area contributed by atoms with Gasteiger partial charge in [-0.15, -0.1) is 0 Å². The van der Waals surface area contributed by atoms with Gasteiger partial charge in [-0.1, -0.05) is 47.5 Å². The zero-order valence-corrected chi connectivity index (χ0v) is 13.2. The minimum absolute atomic E-state index is 0.0413. The lowest BCUT2D eigenvalue weighted by Crippen LogP contribution is -2.11. The van der Waals surface area contributed by atoms with Gasteiger partial charge in [0.1, 0.15) is 0 Å². The first-order chi connectivity index (χ1) is 9.61. The van der Waals surface area contributed by atoms with Crippen molar-refractivity contribution in [1.29, 1.82) is 0 Å². The van der Waals surface area contributed by atoms with Crippen LogP contribution in [0.2, 0.25) is 0 Å². The van der Waals surface area contributed by atoms with Crippen LogP contribution < -0.4 is 0 Å². The number of hydrogen-bond acceptors (Lipinski definition) is 1. The maximum Gasteiger partial charge on any atom is 0.303 e. The van der Waals surface area contributed by atoms with E-state index < -0.39 is 5.97 Å². The van der Waals surface area contributed by atoms with Crippen LogP contribution in [0.15, 0.2) is 30.5 Å². The van der Waals surface area contributed by atoms with Crippen molar-refractivity contribution < 1.29 is 9.90 Å². The molecule has 3 nitrogen and oxygen atoms in total. The molecule has 2 unspecified atom stereocenters. The highest BCUT2D eigenvalue weighted by Gasteiger charge is 2.21. The number of H-pyrrole nitrogens is 1. The topological polar surface area (TPSA) is 53.1 Å². The summed E-state index contributed by atoms with van der Waals surface area (Å²) < 4.78 is 0. The van der Waals surface area contributed by atoms with Gasteiger partial charge in [0.15, 0.2) is 0 Å². The fourth-order valence-corrected chi connectivity index (χ4v) is 3.61. The summed E-state index contributed by atoms with van der Waals surface area (Å²) in [7, 11) is 0. The second kappa shape index (κ2) is 6.93. The Hall–Kier alpha value is -1.29. The van der Waals surface area contributed by atoms with E-state index >= 15 is 0 Å². The average Bonchev–Trinajstić information content (AvgIpc) is 2.81. The molecule has 2 N–H and O–H groups in total. The molecule has 20 heavy (non-hydrogen) atoms. The van der Waals surface area contributed by atoms with E-state index in [1.54, 1.807) is 0 Å². The molecule has 0 aliphatic rings. The van der Waals surface area contributed by atoms with Crippen LogP contribution in [0.4, 0.5) is 0 Å². The second-order valence-electron chi connectivity index (χ2n) is 5.21. The van der Waals surface area contributed by atoms with Gasteiger partial charge in [-0.3, -0.25) is 4.79 Å². The van der Waals surface area contributed by atoms with Crippen LogP contribution in [0.3, 0.4) is 0 Å². The van der Waals surface area contributed by atoms with Gasteiger partial charge < -0.3 is 10.1 Å². The lowest BCUT2D eigenvalue weighted by atomic mass is 9.90. The number of carboxylic acid groups (broad SMARTS) is 1. The van der Waals surface area contributed by atoms with Crippen LogP contribution in [0, 0.1) is 0 Å². The highest BCUT2D eigenvalue weighted by atomic mass is 79.9. The third-order valence-electron chi connectivity index (χ3n) is 3.62. The normalized spacial score (nSPS) is 14.3. The molecule has 0 saturated carbocycles. The Balaban J connectivity index is 2.27. The SMILES string of the molecule is CCCC(Br)CC(CC(=O)O)c1c[nH]c2ccccc12. The standard InChI is InChI=1S/C16H20BrNO2/c1-2-5-12(17)8-11(9-16(19)20)14-10-18-15-7-4-3-6-13(14)15/h3-4,6-7,10-12,18H,2,5,8-9H2,1H3,(H,19,20). The Labute approximate surface area is 127 Å². The van der Waals surface area contributed by atoms with Crippen molar-refractivity contribution in [2.45, 2.75) is 43.4 Å². The van der Waals surface area contributed by atoms with Crippen LogP contribution in [0.5, 0.6) is 0 Å². The Morgan fingerprint density at radius 2 is 2.15 bits per heavy atom. The molecule has 108 valence electrons. The predicted octanol–water partition coefficient (Wildman–Crippen LogP) is 4.68. The molecule has 0 spiro atoms. The van der Waals surface area contributed by atoms with Crippen molar-refractivity contribution in [1.82, 2.24) is 4.98 Å². The molecule has 2 rings (SSSR count). The van der Waals surface area contributed by atoms with E-state index in [0.29, 0.717) is 4.83 Å². The van der Waals surface area contributed by atoms with E-state index in [9.17, 15) is 9.90 Å². The van der Waals surface area contributed by atoms with Crippen LogP contribution in [-0.2, 0) is 4.79 Å². The molecule has 0 bridgehead atoms. The number of benzene rings is 1. The Morgan fingerprint density at radius 1 is 1.40 bits per heavy atom. The number of alkyl halides is 1. The summed E-state index contributed by atoms with van der Waals surface area (Å²) in [6, 6.07) is 8.06. The molecular formula is C16H20BrNO2. The van der Waals surface area contributed by atoms with Gasteiger partial charge in [-0.25, -0.2) is 0 Å². The fourth-order valence-electron chi connectivity index (χ4n) is 2.70. The summed E-state index contributed by atoms with van der Waals surface area (Å²) in [6.45, 7) is 2.14. The van der Waals surface area contributed by atoms with Crippen molar-refractivity contribution in [2.75, 3.05) is 0 Å². The van der Waals surface area contributed by atoms with E-state index in [-0.39, 0.29) is 12.3 Å². The molecule has 1 aromatic carbocycles. The molecule has 0 fully saturated rings. The number of halogens is 1. The summed E-state index contributed by atoms with van der Waals surface area (Å²) in [5.74, 6) is -0.698. The zero-order chi connectivity index (χ0) is 14.5. The van der Waals surface area contributed by atoms with Gasteiger partial charge in [0, 0.05) is 21.9 Å². The van der Waals surface area contributed by atoms with Crippen molar-refractivity contribution in [2.24, 2.45) is 0 Å². The number of aliphatic carboxylic acids is 1. The maximum atomic E-state index is 11.2. The number of para-hydroxylation sites is 1. The van der Waals surface area contributed by atoms with E-state index in [4.69, 9.17) is 0 Å². The monoisotopic (exact) mass is 337 g/mol. The number of nitrogens with one attached hydrogen (secondary N) is 1. The summed E-state index contributed by atoms with van der Waals surface area (Å²) in [4.78, 5) is 14.8.